The molecule has 1 saturated carbocycles. The highest BCUT2D eigenvalue weighted by Gasteiger charge is 2.32. The number of aromatic hydroxyl groups is 2. The van der Waals surface area contributed by atoms with Crippen LogP contribution in [0.25, 0.3) is 0 Å². The normalized spacial score (nSPS) is 17.8. The van der Waals surface area contributed by atoms with Crippen molar-refractivity contribution in [2.75, 3.05) is 13.1 Å². The summed E-state index contributed by atoms with van der Waals surface area (Å²) in [6, 6.07) is 9.39. The Hall–Kier alpha value is -2.20. The van der Waals surface area contributed by atoms with Crippen LogP contribution in [-0.2, 0) is 13.2 Å². The van der Waals surface area contributed by atoms with Gasteiger partial charge in [0, 0.05) is 24.2 Å². The molecular formula is C24H34N2O6. The Labute approximate surface area is 188 Å². The summed E-state index contributed by atoms with van der Waals surface area (Å²) >= 11 is 0. The van der Waals surface area contributed by atoms with Crippen LogP contribution in [0.2, 0.25) is 0 Å². The molecular weight excluding hydrogens is 412 g/mol. The predicted molar refractivity (Wildman–Crippen MR) is 120 cm³/mol. The monoisotopic (exact) mass is 446 g/mol. The van der Waals surface area contributed by atoms with Crippen molar-refractivity contribution in [2.24, 2.45) is 0 Å². The molecule has 0 saturated heterocycles. The maximum atomic E-state index is 10.7. The average molecular weight is 447 g/mol. The molecule has 0 aromatic heterocycles. The fourth-order valence-electron chi connectivity index (χ4n) is 4.27. The summed E-state index contributed by atoms with van der Waals surface area (Å²) in [5.74, 6) is -0.0104. The smallest absolute Gasteiger partial charge is 0.121 e. The van der Waals surface area contributed by atoms with E-state index in [0.29, 0.717) is 22.3 Å². The van der Waals surface area contributed by atoms with Crippen molar-refractivity contribution in [2.45, 2.75) is 63.2 Å². The van der Waals surface area contributed by atoms with Crippen LogP contribution < -0.4 is 10.6 Å². The summed E-state index contributed by atoms with van der Waals surface area (Å²) in [7, 11) is 0. The Morgan fingerprint density at radius 1 is 0.719 bits per heavy atom. The Balaban J connectivity index is 1.64. The number of benzene rings is 2. The number of hydrogen-bond acceptors (Lipinski definition) is 8. The van der Waals surface area contributed by atoms with E-state index >= 15 is 0 Å². The van der Waals surface area contributed by atoms with E-state index in [-0.39, 0.29) is 37.8 Å². The summed E-state index contributed by atoms with van der Waals surface area (Å²) in [4.78, 5) is 0. The lowest BCUT2D eigenvalue weighted by Gasteiger charge is -2.40. The van der Waals surface area contributed by atoms with Crippen LogP contribution in [0.4, 0.5) is 0 Å². The van der Waals surface area contributed by atoms with Gasteiger partial charge in [0.1, 0.15) is 11.5 Å². The van der Waals surface area contributed by atoms with Crippen LogP contribution in [0, 0.1) is 0 Å². The first-order valence-electron chi connectivity index (χ1n) is 11.1. The van der Waals surface area contributed by atoms with Crippen LogP contribution in [0.15, 0.2) is 36.4 Å². The zero-order chi connectivity index (χ0) is 23.1. The molecule has 8 nitrogen and oxygen atoms in total. The van der Waals surface area contributed by atoms with E-state index < -0.39 is 17.9 Å². The lowest BCUT2D eigenvalue weighted by molar-refractivity contribution is 0.0999. The quantitative estimate of drug-likeness (QED) is 0.257. The van der Waals surface area contributed by atoms with Gasteiger partial charge in [-0.1, -0.05) is 31.4 Å². The van der Waals surface area contributed by atoms with Gasteiger partial charge in [0.2, 0.25) is 0 Å². The van der Waals surface area contributed by atoms with Gasteiger partial charge in [0.05, 0.1) is 31.1 Å². The highest BCUT2D eigenvalue weighted by atomic mass is 16.3. The molecule has 0 aliphatic heterocycles. The SMILES string of the molecule is OCc1cc(C(O)CNC2(NCC(O)c3ccc(O)c(CO)c3)CCCCC2)ccc1O. The lowest BCUT2D eigenvalue weighted by Crippen LogP contribution is -2.59. The van der Waals surface area contributed by atoms with Gasteiger partial charge in [-0.3, -0.25) is 10.6 Å². The summed E-state index contributed by atoms with van der Waals surface area (Å²) in [6.45, 7) is -0.0733. The zero-order valence-electron chi connectivity index (χ0n) is 18.2. The highest BCUT2D eigenvalue weighted by molar-refractivity contribution is 5.37. The second-order valence-corrected chi connectivity index (χ2v) is 8.53. The Morgan fingerprint density at radius 3 is 1.56 bits per heavy atom. The second kappa shape index (κ2) is 11.1. The van der Waals surface area contributed by atoms with Crippen molar-refractivity contribution in [3.63, 3.8) is 0 Å². The minimum Gasteiger partial charge on any atom is -0.508 e. The minimum absolute atomic E-state index is 0.00518. The second-order valence-electron chi connectivity index (χ2n) is 8.53. The fraction of sp³-hybridized carbons (Fsp3) is 0.500. The third kappa shape index (κ3) is 5.98. The molecule has 1 fully saturated rings. The molecule has 2 unspecified atom stereocenters. The molecule has 0 spiro atoms. The van der Waals surface area contributed by atoms with E-state index in [2.05, 4.69) is 10.6 Å². The molecule has 3 rings (SSSR count). The number of rotatable bonds is 10. The van der Waals surface area contributed by atoms with Gasteiger partial charge in [-0.05, 0) is 48.2 Å². The molecule has 8 heteroatoms. The van der Waals surface area contributed by atoms with Crippen molar-refractivity contribution < 1.29 is 30.6 Å². The Kier molecular flexibility index (Phi) is 8.47. The molecule has 0 heterocycles. The summed E-state index contributed by atoms with van der Waals surface area (Å²) < 4.78 is 0. The lowest BCUT2D eigenvalue weighted by atomic mass is 9.88. The molecule has 0 amide bonds. The fourth-order valence-corrected chi connectivity index (χ4v) is 4.27. The van der Waals surface area contributed by atoms with E-state index in [0.717, 1.165) is 32.1 Å². The van der Waals surface area contributed by atoms with Crippen LogP contribution in [0.5, 0.6) is 11.5 Å². The van der Waals surface area contributed by atoms with Crippen molar-refractivity contribution in [1.29, 1.82) is 0 Å². The molecule has 2 atom stereocenters. The third-order valence-corrected chi connectivity index (χ3v) is 6.29. The van der Waals surface area contributed by atoms with Gasteiger partial charge < -0.3 is 30.6 Å². The van der Waals surface area contributed by atoms with Crippen molar-refractivity contribution in [3.05, 3.63) is 58.7 Å². The first-order chi connectivity index (χ1) is 15.4. The largest absolute Gasteiger partial charge is 0.508 e. The Bertz CT molecular complexity index is 819. The molecule has 8 N–H and O–H groups in total. The van der Waals surface area contributed by atoms with Crippen LogP contribution in [0.1, 0.15) is 66.6 Å². The van der Waals surface area contributed by atoms with Crippen molar-refractivity contribution in [3.8, 4) is 11.5 Å². The third-order valence-electron chi connectivity index (χ3n) is 6.29. The van der Waals surface area contributed by atoms with E-state index in [9.17, 15) is 30.6 Å². The number of aliphatic hydroxyl groups is 4. The number of hydrogen-bond donors (Lipinski definition) is 8. The van der Waals surface area contributed by atoms with Crippen molar-refractivity contribution >= 4 is 0 Å². The first-order valence-corrected chi connectivity index (χ1v) is 11.1. The Morgan fingerprint density at radius 2 is 1.16 bits per heavy atom. The van der Waals surface area contributed by atoms with Gasteiger partial charge >= 0.3 is 0 Å². The van der Waals surface area contributed by atoms with Gasteiger partial charge in [0.15, 0.2) is 0 Å². The predicted octanol–water partition coefficient (Wildman–Crippen LogP) is 1.69. The van der Waals surface area contributed by atoms with E-state index in [1.165, 1.54) is 12.1 Å². The molecule has 1 aliphatic carbocycles. The molecule has 1 aliphatic rings. The minimum atomic E-state index is -0.823. The topological polar surface area (TPSA) is 145 Å². The molecule has 176 valence electrons. The molecule has 2 aromatic carbocycles. The highest BCUT2D eigenvalue weighted by Crippen LogP contribution is 2.29. The molecule has 32 heavy (non-hydrogen) atoms. The number of phenols is 2. The van der Waals surface area contributed by atoms with E-state index in [4.69, 9.17) is 0 Å². The van der Waals surface area contributed by atoms with Crippen LogP contribution >= 0.6 is 0 Å². The summed E-state index contributed by atoms with van der Waals surface area (Å²) in [5.41, 5.74) is 1.50. The van der Waals surface area contributed by atoms with Gasteiger partial charge in [-0.2, -0.15) is 0 Å². The van der Waals surface area contributed by atoms with Crippen molar-refractivity contribution in [1.82, 2.24) is 10.6 Å². The van der Waals surface area contributed by atoms with E-state index in [1.807, 2.05) is 0 Å². The summed E-state index contributed by atoms with van der Waals surface area (Å²) in [6.07, 6.45) is 3.22. The maximum absolute atomic E-state index is 10.7. The summed E-state index contributed by atoms with van der Waals surface area (Å²) in [5, 5.41) is 66.4. The average Bonchev–Trinajstić information content (AvgIpc) is 2.82. The molecule has 2 aromatic rings. The molecule has 0 bridgehead atoms. The number of nitrogens with one attached hydrogen (secondary N) is 2. The number of aliphatic hydroxyl groups excluding tert-OH is 4. The van der Waals surface area contributed by atoms with Crippen LogP contribution in [-0.4, -0.2) is 49.4 Å². The molecule has 0 radical (unpaired) electrons. The maximum Gasteiger partial charge on any atom is 0.121 e. The van der Waals surface area contributed by atoms with Gasteiger partial charge in [0.25, 0.3) is 0 Å². The van der Waals surface area contributed by atoms with Crippen LogP contribution in [0.3, 0.4) is 0 Å². The van der Waals surface area contributed by atoms with Gasteiger partial charge in [-0.15, -0.1) is 0 Å². The van der Waals surface area contributed by atoms with E-state index in [1.54, 1.807) is 24.3 Å². The standard InChI is InChI=1S/C24H34N2O6/c27-14-18-10-16(4-6-20(18)29)22(31)12-25-24(8-2-1-3-9-24)26-13-23(32)17-5-7-21(30)19(11-17)15-28/h4-7,10-11,22-23,25-32H,1-3,8-9,12-15H2. The first kappa shape index (κ1) is 24.4. The van der Waals surface area contributed by atoms with Gasteiger partial charge in [-0.25, -0.2) is 0 Å². The zero-order valence-corrected chi connectivity index (χ0v) is 18.2.